The lowest BCUT2D eigenvalue weighted by molar-refractivity contribution is -0.150. The van der Waals surface area contributed by atoms with E-state index in [-0.39, 0.29) is 24.8 Å². The molecule has 7 nitrogen and oxygen atoms in total. The van der Waals surface area contributed by atoms with Crippen molar-refractivity contribution >= 4 is 17.8 Å². The van der Waals surface area contributed by atoms with Crippen LogP contribution in [0.4, 0.5) is 0 Å². The van der Waals surface area contributed by atoms with Gasteiger partial charge in [0.1, 0.15) is 12.1 Å². The number of nitrogens with zero attached hydrogens (tertiary/aromatic N) is 2. The summed E-state index contributed by atoms with van der Waals surface area (Å²) in [6.45, 7) is 5.47. The highest BCUT2D eigenvalue weighted by Gasteiger charge is 2.49. The number of rotatable bonds is 4. The van der Waals surface area contributed by atoms with Crippen molar-refractivity contribution in [2.45, 2.75) is 51.4 Å². The molecule has 1 fully saturated rings. The fourth-order valence-corrected chi connectivity index (χ4v) is 3.97. The molecule has 0 bridgehead atoms. The Morgan fingerprint density at radius 3 is 2.50 bits per heavy atom. The van der Waals surface area contributed by atoms with E-state index in [1.807, 2.05) is 26.0 Å². The van der Waals surface area contributed by atoms with Crippen molar-refractivity contribution in [2.24, 2.45) is 5.92 Å². The predicted molar refractivity (Wildman–Crippen MR) is 93.3 cm³/mol. The molecule has 0 aromatic heterocycles. The predicted octanol–water partition coefficient (Wildman–Crippen LogP) is 1.10. The highest BCUT2D eigenvalue weighted by molar-refractivity contribution is 6.01. The van der Waals surface area contributed by atoms with Crippen LogP contribution in [-0.2, 0) is 16.1 Å². The molecule has 0 saturated carbocycles. The summed E-state index contributed by atoms with van der Waals surface area (Å²) in [5.74, 6) is -1.98. The van der Waals surface area contributed by atoms with Gasteiger partial charge < -0.3 is 20.0 Å². The van der Waals surface area contributed by atoms with Crippen LogP contribution in [-0.4, -0.2) is 62.0 Å². The van der Waals surface area contributed by atoms with Gasteiger partial charge in [0.2, 0.25) is 5.91 Å². The maximum atomic E-state index is 13.2. The Labute approximate surface area is 152 Å². The summed E-state index contributed by atoms with van der Waals surface area (Å²) in [6.07, 6.45) is -0.0208. The molecule has 2 aliphatic heterocycles. The number of carbonyl (C=O) groups excluding carboxylic acids is 2. The van der Waals surface area contributed by atoms with Crippen LogP contribution in [0.5, 0.6) is 0 Å². The van der Waals surface area contributed by atoms with Crippen molar-refractivity contribution in [3.8, 4) is 0 Å². The van der Waals surface area contributed by atoms with Gasteiger partial charge >= 0.3 is 5.97 Å². The van der Waals surface area contributed by atoms with Crippen molar-refractivity contribution in [2.75, 3.05) is 6.54 Å². The van der Waals surface area contributed by atoms with Crippen LogP contribution in [0, 0.1) is 5.92 Å². The molecular formula is C19H24N2O5. The molecule has 2 aliphatic rings. The lowest BCUT2D eigenvalue weighted by Gasteiger charge is -2.34. The number of amides is 2. The second kappa shape index (κ2) is 6.39. The zero-order valence-electron chi connectivity index (χ0n) is 15.2. The third-order valence-corrected chi connectivity index (χ3v) is 5.16. The van der Waals surface area contributed by atoms with E-state index in [4.69, 9.17) is 0 Å². The van der Waals surface area contributed by atoms with E-state index in [1.165, 1.54) is 16.7 Å². The van der Waals surface area contributed by atoms with Crippen molar-refractivity contribution in [1.82, 2.24) is 9.80 Å². The van der Waals surface area contributed by atoms with Crippen LogP contribution in [0.2, 0.25) is 0 Å². The normalized spacial score (nSPS) is 26.3. The quantitative estimate of drug-likeness (QED) is 0.838. The molecule has 0 aliphatic carbocycles. The third-order valence-electron chi connectivity index (χ3n) is 5.16. The van der Waals surface area contributed by atoms with E-state index in [9.17, 15) is 24.6 Å². The lowest BCUT2D eigenvalue weighted by atomic mass is 10.0. The molecule has 3 atom stereocenters. The maximum absolute atomic E-state index is 13.2. The van der Waals surface area contributed by atoms with Gasteiger partial charge in [0, 0.05) is 18.5 Å². The number of β-amino-alcohol motifs (C(OH)–C–C–N with tert-alkyl or cyclic N) is 1. The number of likely N-dealkylation sites (tertiary alicyclic amines) is 1. The van der Waals surface area contributed by atoms with Crippen LogP contribution in [0.25, 0.3) is 0 Å². The average molecular weight is 360 g/mol. The minimum Gasteiger partial charge on any atom is -0.480 e. The van der Waals surface area contributed by atoms with Crippen molar-refractivity contribution in [3.63, 3.8) is 0 Å². The van der Waals surface area contributed by atoms with Crippen molar-refractivity contribution < 1.29 is 24.6 Å². The number of aliphatic hydroxyl groups is 1. The van der Waals surface area contributed by atoms with Crippen LogP contribution >= 0.6 is 0 Å². The Morgan fingerprint density at radius 1 is 1.27 bits per heavy atom. The summed E-state index contributed by atoms with van der Waals surface area (Å²) in [4.78, 5) is 40.3. The summed E-state index contributed by atoms with van der Waals surface area (Å²) in [6, 6.07) is 5.37. The molecule has 0 radical (unpaired) electrons. The number of fused-ring (bicyclic) bond motifs is 1. The first-order valence-electron chi connectivity index (χ1n) is 8.77. The molecule has 1 saturated heterocycles. The molecule has 140 valence electrons. The van der Waals surface area contributed by atoms with E-state index < -0.39 is 29.6 Å². The first-order valence-corrected chi connectivity index (χ1v) is 8.77. The molecular weight excluding hydrogens is 336 g/mol. The van der Waals surface area contributed by atoms with Crippen molar-refractivity contribution in [1.29, 1.82) is 0 Å². The molecule has 0 spiro atoms. The summed E-state index contributed by atoms with van der Waals surface area (Å²) < 4.78 is 0. The Balaban J connectivity index is 1.91. The highest BCUT2D eigenvalue weighted by atomic mass is 16.4. The summed E-state index contributed by atoms with van der Waals surface area (Å²) in [5.41, 5.74) is 0.186. The van der Waals surface area contributed by atoms with E-state index in [1.54, 1.807) is 12.1 Å². The topological polar surface area (TPSA) is 98.2 Å². The molecule has 3 rings (SSSR count). The molecule has 1 aromatic carbocycles. The smallest absolute Gasteiger partial charge is 0.326 e. The second-order valence-corrected chi connectivity index (χ2v) is 7.80. The Hall–Kier alpha value is -2.41. The van der Waals surface area contributed by atoms with E-state index in [2.05, 4.69) is 0 Å². The number of carboxylic acid groups (broad SMARTS) is 1. The number of hydrogen-bond acceptors (Lipinski definition) is 4. The maximum Gasteiger partial charge on any atom is 0.326 e. The molecule has 1 unspecified atom stereocenters. The number of hydrogen-bond donors (Lipinski definition) is 2. The highest BCUT2D eigenvalue weighted by Crippen LogP contribution is 2.32. The van der Waals surface area contributed by atoms with Crippen LogP contribution in [0.1, 0.15) is 43.1 Å². The number of aliphatic carboxylic acids is 1. The van der Waals surface area contributed by atoms with Crippen LogP contribution < -0.4 is 0 Å². The second-order valence-electron chi connectivity index (χ2n) is 7.80. The monoisotopic (exact) mass is 360 g/mol. The van der Waals surface area contributed by atoms with Crippen LogP contribution in [0.15, 0.2) is 24.3 Å². The van der Waals surface area contributed by atoms with Gasteiger partial charge in [-0.1, -0.05) is 32.0 Å². The van der Waals surface area contributed by atoms with Gasteiger partial charge in [-0.2, -0.15) is 0 Å². The molecule has 1 aromatic rings. The summed E-state index contributed by atoms with van der Waals surface area (Å²) >= 11 is 0. The first kappa shape index (κ1) is 18.4. The minimum atomic E-state index is -1.25. The largest absolute Gasteiger partial charge is 0.480 e. The Morgan fingerprint density at radius 2 is 1.92 bits per heavy atom. The standard InChI is InChI=1S/C19H24N2O5/c1-11(2)15(20-9-12-6-4-5-7-13(12)16(20)22)17(23)21-10-19(3,26)8-14(21)18(24)25/h4-7,11,14-15,26H,8-10H2,1-3H3,(H,24,25)/t14-,15?,19+/m0/s1. The number of benzene rings is 1. The zero-order chi connectivity index (χ0) is 19.2. The van der Waals surface area contributed by atoms with E-state index in [0.717, 1.165) is 5.56 Å². The van der Waals surface area contributed by atoms with Crippen LogP contribution in [0.3, 0.4) is 0 Å². The number of carboxylic acids is 1. The van der Waals surface area contributed by atoms with Gasteiger partial charge in [0.05, 0.1) is 12.1 Å². The zero-order valence-corrected chi connectivity index (χ0v) is 15.2. The van der Waals surface area contributed by atoms with Gasteiger partial charge in [0.15, 0.2) is 0 Å². The average Bonchev–Trinajstić information content (AvgIpc) is 3.05. The minimum absolute atomic E-state index is 0.0208. The van der Waals surface area contributed by atoms with Gasteiger partial charge in [-0.25, -0.2) is 4.79 Å². The van der Waals surface area contributed by atoms with E-state index >= 15 is 0 Å². The fourth-order valence-electron chi connectivity index (χ4n) is 3.97. The van der Waals surface area contributed by atoms with Gasteiger partial charge in [0.25, 0.3) is 5.91 Å². The van der Waals surface area contributed by atoms with E-state index in [0.29, 0.717) is 12.1 Å². The molecule has 2 heterocycles. The Kier molecular flexibility index (Phi) is 4.52. The molecule has 7 heteroatoms. The molecule has 2 N–H and O–H groups in total. The van der Waals surface area contributed by atoms with Gasteiger partial charge in [-0.3, -0.25) is 9.59 Å². The summed E-state index contributed by atoms with van der Waals surface area (Å²) in [5, 5.41) is 19.7. The van der Waals surface area contributed by atoms with Crippen molar-refractivity contribution in [3.05, 3.63) is 35.4 Å². The SMILES string of the molecule is CC(C)C(C(=O)N1C[C@](C)(O)C[C@H]1C(=O)O)N1Cc2ccccc2C1=O. The van der Waals surface area contributed by atoms with Gasteiger partial charge in [-0.15, -0.1) is 0 Å². The van der Waals surface area contributed by atoms with Gasteiger partial charge in [-0.05, 0) is 24.5 Å². The number of carbonyl (C=O) groups is 3. The third kappa shape index (κ3) is 3.07. The Bertz CT molecular complexity index is 758. The summed E-state index contributed by atoms with van der Waals surface area (Å²) in [7, 11) is 0. The molecule has 26 heavy (non-hydrogen) atoms. The first-order chi connectivity index (χ1) is 12.1. The molecule has 2 amide bonds. The lowest BCUT2D eigenvalue weighted by Crippen LogP contribution is -2.54. The fraction of sp³-hybridized carbons (Fsp3) is 0.526.